The van der Waals surface area contributed by atoms with Gasteiger partial charge in [-0.1, -0.05) is 30.1 Å². The number of likely N-dealkylation sites (N-methyl/N-ethyl adjacent to an activating group) is 1. The lowest BCUT2D eigenvalue weighted by Crippen LogP contribution is -2.16. The minimum atomic E-state index is 0.586. The maximum atomic E-state index is 5.95. The summed E-state index contributed by atoms with van der Waals surface area (Å²) < 4.78 is 5.66. The maximum Gasteiger partial charge on any atom is 0.196 e. The van der Waals surface area contributed by atoms with Gasteiger partial charge in [0.25, 0.3) is 0 Å². The number of hydrogen-bond acceptors (Lipinski definition) is 3. The number of hydrogen-bond donors (Lipinski definition) is 1. The Kier molecular flexibility index (Phi) is 4.64. The second-order valence-corrected chi connectivity index (χ2v) is 4.75. The summed E-state index contributed by atoms with van der Waals surface area (Å²) in [5.74, 6) is 1.40. The first-order chi connectivity index (χ1) is 8.69. The van der Waals surface area contributed by atoms with Crippen molar-refractivity contribution in [1.29, 1.82) is 0 Å². The predicted molar refractivity (Wildman–Crippen MR) is 74.2 cm³/mol. The molecule has 0 aliphatic rings. The molecular weight excluding hydrogens is 271 g/mol. The number of aromatic nitrogens is 1. The molecule has 0 atom stereocenters. The SMILES string of the molecule is CCNCCc1ncc(-c2cc(Cl)cc(Cl)c2)o1. The molecule has 18 heavy (non-hydrogen) atoms. The van der Waals surface area contributed by atoms with E-state index in [1.54, 1.807) is 12.3 Å². The summed E-state index contributed by atoms with van der Waals surface area (Å²) in [5.41, 5.74) is 0.842. The molecule has 5 heteroatoms. The van der Waals surface area contributed by atoms with E-state index < -0.39 is 0 Å². The van der Waals surface area contributed by atoms with E-state index >= 15 is 0 Å². The molecule has 1 N–H and O–H groups in total. The van der Waals surface area contributed by atoms with Crippen molar-refractivity contribution in [3.63, 3.8) is 0 Å². The molecular formula is C13H14Cl2N2O. The molecule has 0 unspecified atom stereocenters. The van der Waals surface area contributed by atoms with Gasteiger partial charge in [0.05, 0.1) is 6.20 Å². The Morgan fingerprint density at radius 1 is 1.22 bits per heavy atom. The van der Waals surface area contributed by atoms with Crippen LogP contribution in [0.1, 0.15) is 12.8 Å². The highest BCUT2D eigenvalue weighted by Crippen LogP contribution is 2.27. The quantitative estimate of drug-likeness (QED) is 0.849. The highest BCUT2D eigenvalue weighted by molar-refractivity contribution is 6.35. The molecule has 96 valence electrons. The second-order valence-electron chi connectivity index (χ2n) is 3.88. The van der Waals surface area contributed by atoms with Crippen LogP contribution in [0, 0.1) is 0 Å². The van der Waals surface area contributed by atoms with E-state index in [9.17, 15) is 0 Å². The molecule has 3 nitrogen and oxygen atoms in total. The van der Waals surface area contributed by atoms with Gasteiger partial charge >= 0.3 is 0 Å². The highest BCUT2D eigenvalue weighted by Gasteiger charge is 2.08. The number of halogens is 2. The van der Waals surface area contributed by atoms with Crippen LogP contribution in [-0.4, -0.2) is 18.1 Å². The summed E-state index contributed by atoms with van der Waals surface area (Å²) in [6.45, 7) is 3.86. The minimum absolute atomic E-state index is 0.586. The van der Waals surface area contributed by atoms with Crippen molar-refractivity contribution in [2.75, 3.05) is 13.1 Å². The molecule has 1 heterocycles. The summed E-state index contributed by atoms with van der Waals surface area (Å²) in [5, 5.41) is 4.39. The van der Waals surface area contributed by atoms with Crippen molar-refractivity contribution in [3.8, 4) is 11.3 Å². The van der Waals surface area contributed by atoms with Gasteiger partial charge in [-0.15, -0.1) is 0 Å². The summed E-state index contributed by atoms with van der Waals surface area (Å²) >= 11 is 11.9. The smallest absolute Gasteiger partial charge is 0.196 e. The first-order valence-electron chi connectivity index (χ1n) is 5.81. The van der Waals surface area contributed by atoms with Crippen LogP contribution >= 0.6 is 23.2 Å². The lowest BCUT2D eigenvalue weighted by molar-refractivity contribution is 0.497. The Bertz CT molecular complexity index is 505. The fourth-order valence-electron chi connectivity index (χ4n) is 1.63. The molecule has 0 bridgehead atoms. The Balaban J connectivity index is 2.13. The molecule has 0 amide bonds. The first-order valence-corrected chi connectivity index (χ1v) is 6.56. The average Bonchev–Trinajstić information content (AvgIpc) is 2.77. The molecule has 1 aromatic carbocycles. The molecule has 2 rings (SSSR count). The Hall–Kier alpha value is -1.03. The lowest BCUT2D eigenvalue weighted by atomic mass is 10.2. The van der Waals surface area contributed by atoms with E-state index in [1.165, 1.54) is 0 Å². The van der Waals surface area contributed by atoms with Gasteiger partial charge in [-0.2, -0.15) is 0 Å². The highest BCUT2D eigenvalue weighted by atomic mass is 35.5. The van der Waals surface area contributed by atoms with Crippen LogP contribution in [0.2, 0.25) is 10.0 Å². The van der Waals surface area contributed by atoms with Crippen molar-refractivity contribution < 1.29 is 4.42 Å². The van der Waals surface area contributed by atoms with Gasteiger partial charge < -0.3 is 9.73 Å². The average molecular weight is 285 g/mol. The summed E-state index contributed by atoms with van der Waals surface area (Å²) in [6, 6.07) is 5.30. The van der Waals surface area contributed by atoms with Crippen molar-refractivity contribution in [3.05, 3.63) is 40.3 Å². The number of benzene rings is 1. The molecule has 0 saturated carbocycles. The molecule has 0 saturated heterocycles. The normalized spacial score (nSPS) is 10.8. The number of nitrogens with one attached hydrogen (secondary N) is 1. The van der Waals surface area contributed by atoms with Crippen LogP contribution in [0.25, 0.3) is 11.3 Å². The van der Waals surface area contributed by atoms with Crippen LogP contribution in [0.5, 0.6) is 0 Å². The van der Waals surface area contributed by atoms with E-state index in [4.69, 9.17) is 27.6 Å². The Morgan fingerprint density at radius 2 is 1.94 bits per heavy atom. The molecule has 1 aromatic heterocycles. The topological polar surface area (TPSA) is 38.1 Å². The van der Waals surface area contributed by atoms with E-state index in [0.717, 1.165) is 25.1 Å². The van der Waals surface area contributed by atoms with Gasteiger partial charge in [-0.3, -0.25) is 0 Å². The van der Waals surface area contributed by atoms with E-state index in [2.05, 4.69) is 17.2 Å². The zero-order valence-corrected chi connectivity index (χ0v) is 11.6. The van der Waals surface area contributed by atoms with E-state index in [-0.39, 0.29) is 0 Å². The molecule has 0 spiro atoms. The summed E-state index contributed by atoms with van der Waals surface area (Å²) in [6.07, 6.45) is 2.46. The number of oxazole rings is 1. The van der Waals surface area contributed by atoms with Crippen LogP contribution in [0.4, 0.5) is 0 Å². The van der Waals surface area contributed by atoms with Crippen molar-refractivity contribution in [2.24, 2.45) is 0 Å². The molecule has 0 fully saturated rings. The Labute approximate surface area is 116 Å². The fourth-order valence-corrected chi connectivity index (χ4v) is 2.15. The minimum Gasteiger partial charge on any atom is -0.441 e. The maximum absolute atomic E-state index is 5.95. The van der Waals surface area contributed by atoms with Gasteiger partial charge in [0, 0.05) is 28.6 Å². The van der Waals surface area contributed by atoms with Crippen LogP contribution in [0.15, 0.2) is 28.8 Å². The zero-order valence-electron chi connectivity index (χ0n) is 10.0. The van der Waals surface area contributed by atoms with Crippen molar-refractivity contribution in [1.82, 2.24) is 10.3 Å². The predicted octanol–water partition coefficient (Wildman–Crippen LogP) is 3.80. The van der Waals surface area contributed by atoms with Crippen LogP contribution in [0.3, 0.4) is 0 Å². The molecule has 0 aliphatic carbocycles. The second kappa shape index (κ2) is 6.23. The van der Waals surface area contributed by atoms with Gasteiger partial charge in [0.2, 0.25) is 0 Å². The van der Waals surface area contributed by atoms with Crippen LogP contribution in [-0.2, 0) is 6.42 Å². The van der Waals surface area contributed by atoms with Gasteiger partial charge in [0.1, 0.15) is 0 Å². The van der Waals surface area contributed by atoms with Crippen molar-refractivity contribution >= 4 is 23.2 Å². The third kappa shape index (κ3) is 3.48. The third-order valence-electron chi connectivity index (χ3n) is 2.47. The summed E-state index contributed by atoms with van der Waals surface area (Å²) in [7, 11) is 0. The lowest BCUT2D eigenvalue weighted by Gasteiger charge is -1.99. The molecule has 0 radical (unpaired) electrons. The van der Waals surface area contributed by atoms with Crippen molar-refractivity contribution in [2.45, 2.75) is 13.3 Å². The largest absolute Gasteiger partial charge is 0.441 e. The monoisotopic (exact) mass is 284 g/mol. The van der Waals surface area contributed by atoms with E-state index in [0.29, 0.717) is 21.7 Å². The third-order valence-corrected chi connectivity index (χ3v) is 2.90. The van der Waals surface area contributed by atoms with Gasteiger partial charge in [0.15, 0.2) is 11.7 Å². The fraction of sp³-hybridized carbons (Fsp3) is 0.308. The number of rotatable bonds is 5. The zero-order chi connectivity index (χ0) is 13.0. The van der Waals surface area contributed by atoms with Gasteiger partial charge in [-0.05, 0) is 24.7 Å². The molecule has 2 aromatic rings. The summed E-state index contributed by atoms with van der Waals surface area (Å²) in [4.78, 5) is 4.23. The number of nitrogens with zero attached hydrogens (tertiary/aromatic N) is 1. The first kappa shape index (κ1) is 13.4. The Morgan fingerprint density at radius 3 is 2.61 bits per heavy atom. The standard InChI is InChI=1S/C13H14Cl2N2O/c1-2-16-4-3-13-17-8-12(18-13)9-5-10(14)7-11(15)6-9/h5-8,16H,2-4H2,1H3. The van der Waals surface area contributed by atoms with Crippen LogP contribution < -0.4 is 5.32 Å². The van der Waals surface area contributed by atoms with E-state index in [1.807, 2.05) is 12.1 Å². The molecule has 0 aliphatic heterocycles. The van der Waals surface area contributed by atoms with Gasteiger partial charge in [-0.25, -0.2) is 4.98 Å².